The smallest absolute Gasteiger partial charge is 0.191 e. The molecule has 0 spiro atoms. The summed E-state index contributed by atoms with van der Waals surface area (Å²) in [7, 11) is 1.84. The molecule has 1 heterocycles. The number of rotatable bonds is 8. The molecule has 2 N–H and O–H groups in total. The first kappa shape index (κ1) is 17.0. The van der Waals surface area contributed by atoms with Crippen LogP contribution in [0.5, 0.6) is 0 Å². The van der Waals surface area contributed by atoms with Crippen LogP contribution in [-0.4, -0.2) is 38.8 Å². The van der Waals surface area contributed by atoms with E-state index >= 15 is 0 Å². The van der Waals surface area contributed by atoms with Gasteiger partial charge in [-0.3, -0.25) is 4.99 Å². The Balaban J connectivity index is 2.17. The van der Waals surface area contributed by atoms with Crippen LogP contribution in [-0.2, 0) is 4.74 Å². The topological polar surface area (TPSA) is 45.7 Å². The zero-order chi connectivity index (χ0) is 14.6. The number of hydrogen-bond acceptors (Lipinski definition) is 2. The molecule has 1 rings (SSSR count). The fraction of sp³-hybridized carbons (Fsp3) is 0.812. The SMILES string of the molecule is CCCCCC(C)NC(=NC)NCCC1=CCOCC1. The molecule has 20 heavy (non-hydrogen) atoms. The molecule has 116 valence electrons. The zero-order valence-electron chi connectivity index (χ0n) is 13.4. The number of aliphatic imine (C=N–C) groups is 1. The predicted octanol–water partition coefficient (Wildman–Crippen LogP) is 2.86. The lowest BCUT2D eigenvalue weighted by molar-refractivity contribution is 0.153. The monoisotopic (exact) mass is 281 g/mol. The highest BCUT2D eigenvalue weighted by atomic mass is 16.5. The van der Waals surface area contributed by atoms with Crippen molar-refractivity contribution in [1.82, 2.24) is 10.6 Å². The first-order valence-electron chi connectivity index (χ1n) is 7.99. The minimum atomic E-state index is 0.482. The number of unbranched alkanes of at least 4 members (excludes halogenated alkanes) is 2. The fourth-order valence-electron chi connectivity index (χ4n) is 2.33. The van der Waals surface area contributed by atoms with E-state index in [0.717, 1.165) is 38.6 Å². The van der Waals surface area contributed by atoms with E-state index < -0.39 is 0 Å². The third kappa shape index (κ3) is 7.53. The molecule has 4 heteroatoms. The van der Waals surface area contributed by atoms with Crippen molar-refractivity contribution < 1.29 is 4.74 Å². The Hall–Kier alpha value is -1.03. The lowest BCUT2D eigenvalue weighted by Gasteiger charge is -2.19. The summed E-state index contributed by atoms with van der Waals surface area (Å²) in [6.45, 7) is 7.05. The molecule has 1 atom stereocenters. The van der Waals surface area contributed by atoms with Gasteiger partial charge in [-0.2, -0.15) is 0 Å². The number of ether oxygens (including phenoxy) is 1. The quantitative estimate of drug-likeness (QED) is 0.311. The third-order valence-corrected chi connectivity index (χ3v) is 3.64. The van der Waals surface area contributed by atoms with Crippen LogP contribution in [0, 0.1) is 0 Å². The van der Waals surface area contributed by atoms with Crippen molar-refractivity contribution in [3.05, 3.63) is 11.6 Å². The molecule has 0 aliphatic carbocycles. The molecule has 1 aliphatic heterocycles. The second-order valence-electron chi connectivity index (χ2n) is 5.48. The van der Waals surface area contributed by atoms with Gasteiger partial charge < -0.3 is 15.4 Å². The van der Waals surface area contributed by atoms with Gasteiger partial charge in [0.15, 0.2) is 5.96 Å². The van der Waals surface area contributed by atoms with Crippen LogP contribution in [0.25, 0.3) is 0 Å². The number of nitrogens with zero attached hydrogens (tertiary/aromatic N) is 1. The average Bonchev–Trinajstić information content (AvgIpc) is 2.47. The fourth-order valence-corrected chi connectivity index (χ4v) is 2.33. The van der Waals surface area contributed by atoms with E-state index in [4.69, 9.17) is 4.74 Å². The first-order chi connectivity index (χ1) is 9.76. The molecule has 0 fully saturated rings. The van der Waals surface area contributed by atoms with Crippen LogP contribution in [0.3, 0.4) is 0 Å². The molecule has 0 amide bonds. The molecule has 0 bridgehead atoms. The summed E-state index contributed by atoms with van der Waals surface area (Å²) in [4.78, 5) is 4.29. The van der Waals surface area contributed by atoms with Gasteiger partial charge in [-0.25, -0.2) is 0 Å². The summed E-state index contributed by atoms with van der Waals surface area (Å²) >= 11 is 0. The van der Waals surface area contributed by atoms with Gasteiger partial charge >= 0.3 is 0 Å². The molecular weight excluding hydrogens is 250 g/mol. The Morgan fingerprint density at radius 3 is 2.95 bits per heavy atom. The second kappa shape index (κ2) is 10.7. The van der Waals surface area contributed by atoms with Crippen molar-refractivity contribution in [2.45, 2.75) is 58.4 Å². The van der Waals surface area contributed by atoms with E-state index in [-0.39, 0.29) is 0 Å². The van der Waals surface area contributed by atoms with Gasteiger partial charge in [0.25, 0.3) is 0 Å². The summed E-state index contributed by atoms with van der Waals surface area (Å²) in [5.74, 6) is 0.918. The number of guanidine groups is 1. The summed E-state index contributed by atoms with van der Waals surface area (Å²) in [5, 5.41) is 6.85. The van der Waals surface area contributed by atoms with E-state index in [1.54, 1.807) is 0 Å². The van der Waals surface area contributed by atoms with Crippen molar-refractivity contribution in [3.8, 4) is 0 Å². The van der Waals surface area contributed by atoms with Gasteiger partial charge in [0.2, 0.25) is 0 Å². The van der Waals surface area contributed by atoms with E-state index in [9.17, 15) is 0 Å². The average molecular weight is 281 g/mol. The van der Waals surface area contributed by atoms with Crippen LogP contribution in [0.15, 0.2) is 16.6 Å². The molecule has 0 saturated heterocycles. The number of nitrogens with one attached hydrogen (secondary N) is 2. The van der Waals surface area contributed by atoms with Gasteiger partial charge in [-0.15, -0.1) is 0 Å². The van der Waals surface area contributed by atoms with Crippen LogP contribution in [0.2, 0.25) is 0 Å². The van der Waals surface area contributed by atoms with Crippen LogP contribution in [0.1, 0.15) is 52.4 Å². The van der Waals surface area contributed by atoms with Gasteiger partial charge in [0, 0.05) is 19.6 Å². The van der Waals surface area contributed by atoms with Crippen LogP contribution >= 0.6 is 0 Å². The Morgan fingerprint density at radius 2 is 2.30 bits per heavy atom. The maximum Gasteiger partial charge on any atom is 0.191 e. The first-order valence-corrected chi connectivity index (χ1v) is 7.99. The van der Waals surface area contributed by atoms with Gasteiger partial charge in [0.05, 0.1) is 13.2 Å². The molecule has 1 unspecified atom stereocenters. The second-order valence-corrected chi connectivity index (χ2v) is 5.48. The minimum Gasteiger partial charge on any atom is -0.377 e. The standard InChI is InChI=1S/C16H31N3O/c1-4-5-6-7-14(2)19-16(17-3)18-11-8-15-9-12-20-13-10-15/h9,14H,4-8,10-13H2,1-3H3,(H2,17,18,19). The Morgan fingerprint density at radius 1 is 1.45 bits per heavy atom. The highest BCUT2D eigenvalue weighted by Crippen LogP contribution is 2.10. The molecule has 0 aromatic rings. The molecule has 0 aromatic heterocycles. The Labute approximate surface area is 124 Å². The molecule has 0 saturated carbocycles. The molecule has 0 aromatic carbocycles. The maximum absolute atomic E-state index is 5.31. The highest BCUT2D eigenvalue weighted by molar-refractivity contribution is 5.79. The summed E-state index contributed by atoms with van der Waals surface area (Å²) in [6.07, 6.45) is 9.43. The van der Waals surface area contributed by atoms with Crippen LogP contribution in [0.4, 0.5) is 0 Å². The van der Waals surface area contributed by atoms with Crippen molar-refractivity contribution in [2.75, 3.05) is 26.8 Å². The van der Waals surface area contributed by atoms with Gasteiger partial charge in [0.1, 0.15) is 0 Å². The van der Waals surface area contributed by atoms with Crippen molar-refractivity contribution in [2.24, 2.45) is 4.99 Å². The molecule has 1 aliphatic rings. The number of hydrogen-bond donors (Lipinski definition) is 2. The summed E-state index contributed by atoms with van der Waals surface area (Å²) in [6, 6.07) is 0.482. The molecule has 0 radical (unpaired) electrons. The van der Waals surface area contributed by atoms with Gasteiger partial charge in [-0.1, -0.05) is 37.8 Å². The third-order valence-electron chi connectivity index (χ3n) is 3.64. The largest absolute Gasteiger partial charge is 0.377 e. The molecular formula is C16H31N3O. The van der Waals surface area contributed by atoms with Crippen molar-refractivity contribution >= 4 is 5.96 Å². The van der Waals surface area contributed by atoms with Crippen molar-refractivity contribution in [3.63, 3.8) is 0 Å². The van der Waals surface area contributed by atoms with E-state index in [0.29, 0.717) is 6.04 Å². The van der Waals surface area contributed by atoms with Crippen LogP contribution < -0.4 is 10.6 Å². The lowest BCUT2D eigenvalue weighted by atomic mass is 10.1. The van der Waals surface area contributed by atoms with E-state index in [2.05, 4.69) is 35.5 Å². The van der Waals surface area contributed by atoms with E-state index in [1.807, 2.05) is 7.05 Å². The summed E-state index contributed by atoms with van der Waals surface area (Å²) in [5.41, 5.74) is 1.50. The Kier molecular flexibility index (Phi) is 9.13. The zero-order valence-corrected chi connectivity index (χ0v) is 13.4. The van der Waals surface area contributed by atoms with E-state index in [1.165, 1.54) is 31.3 Å². The normalized spacial score (nSPS) is 17.6. The maximum atomic E-state index is 5.31. The summed E-state index contributed by atoms with van der Waals surface area (Å²) < 4.78 is 5.31. The predicted molar refractivity (Wildman–Crippen MR) is 86.2 cm³/mol. The Bertz CT molecular complexity index is 313. The lowest BCUT2D eigenvalue weighted by Crippen LogP contribution is -2.42. The molecule has 4 nitrogen and oxygen atoms in total. The van der Waals surface area contributed by atoms with Crippen molar-refractivity contribution in [1.29, 1.82) is 0 Å². The van der Waals surface area contributed by atoms with Gasteiger partial charge in [-0.05, 0) is 26.2 Å². The highest BCUT2D eigenvalue weighted by Gasteiger charge is 2.06. The minimum absolute atomic E-state index is 0.482.